The van der Waals surface area contributed by atoms with Crippen LogP contribution < -0.4 is 4.90 Å². The first-order valence-electron chi connectivity index (χ1n) is 13.8. The molecule has 1 N–H and O–H groups in total. The van der Waals surface area contributed by atoms with Gasteiger partial charge in [-0.05, 0) is 43.7 Å². The average Bonchev–Trinajstić information content (AvgIpc) is 3.51. The zero-order valence-electron chi connectivity index (χ0n) is 23.0. The quantitative estimate of drug-likeness (QED) is 0.148. The molecule has 3 unspecified atom stereocenters. The largest absolute Gasteiger partial charge is 0.465 e. The fraction of sp³-hybridized carbons (Fsp3) is 0.567. The normalized spacial score (nSPS) is 29.4. The lowest BCUT2D eigenvalue weighted by atomic mass is 9.70. The fourth-order valence-corrected chi connectivity index (χ4v) is 7.69. The van der Waals surface area contributed by atoms with Gasteiger partial charge in [0, 0.05) is 11.4 Å². The summed E-state index contributed by atoms with van der Waals surface area (Å²) in [6, 6.07) is 5.23. The summed E-state index contributed by atoms with van der Waals surface area (Å²) in [6.07, 6.45) is 5.49. The second-order valence-corrected chi connectivity index (χ2v) is 12.6. The molecule has 3 aliphatic rings. The predicted octanol–water partition coefficient (Wildman–Crippen LogP) is 4.52. The van der Waals surface area contributed by atoms with Crippen molar-refractivity contribution >= 4 is 51.0 Å². The number of fused-ring (bicyclic) bond motifs is 1. The molecule has 3 heterocycles. The van der Waals surface area contributed by atoms with Gasteiger partial charge in [0.25, 0.3) is 5.91 Å². The van der Waals surface area contributed by atoms with E-state index in [4.69, 9.17) is 21.1 Å². The molecule has 0 aromatic heterocycles. The van der Waals surface area contributed by atoms with E-state index in [2.05, 4.69) is 29.1 Å². The Balaban J connectivity index is 1.76. The third-order valence-electron chi connectivity index (χ3n) is 8.31. The van der Waals surface area contributed by atoms with Gasteiger partial charge in [-0.15, -0.1) is 13.2 Å². The van der Waals surface area contributed by atoms with Crippen LogP contribution in [-0.4, -0.2) is 76.2 Å². The summed E-state index contributed by atoms with van der Waals surface area (Å²) < 4.78 is 12.2. The molecule has 3 fully saturated rings. The van der Waals surface area contributed by atoms with E-state index in [1.807, 2.05) is 19.9 Å². The zero-order chi connectivity index (χ0) is 29.2. The molecule has 1 spiro atoms. The van der Waals surface area contributed by atoms with Crippen LogP contribution in [0.5, 0.6) is 0 Å². The van der Waals surface area contributed by atoms with Gasteiger partial charge in [0.15, 0.2) is 0 Å². The first-order chi connectivity index (χ1) is 19.1. The van der Waals surface area contributed by atoms with Crippen molar-refractivity contribution in [2.75, 3.05) is 24.7 Å². The minimum absolute atomic E-state index is 0.144. The Kier molecular flexibility index (Phi) is 9.81. The van der Waals surface area contributed by atoms with Crippen molar-refractivity contribution in [1.82, 2.24) is 4.90 Å². The molecule has 4 rings (SSSR count). The molecule has 0 aliphatic carbocycles. The zero-order valence-corrected chi connectivity index (χ0v) is 25.4. The minimum Gasteiger partial charge on any atom is -0.465 e. The van der Waals surface area contributed by atoms with Gasteiger partial charge in [-0.2, -0.15) is 0 Å². The van der Waals surface area contributed by atoms with Crippen LogP contribution in [0.2, 0.25) is 5.02 Å². The molecular formula is C30H38BrClN2O6. The van der Waals surface area contributed by atoms with E-state index < -0.39 is 47.5 Å². The molecule has 1 aromatic rings. The molecule has 218 valence electrons. The van der Waals surface area contributed by atoms with Gasteiger partial charge < -0.3 is 24.4 Å². The van der Waals surface area contributed by atoms with Gasteiger partial charge >= 0.3 is 5.97 Å². The topological polar surface area (TPSA) is 96.4 Å². The number of nitrogens with zero attached hydrogens (tertiary/aromatic N) is 2. The van der Waals surface area contributed by atoms with E-state index in [9.17, 15) is 19.5 Å². The highest BCUT2D eigenvalue weighted by Crippen LogP contribution is 2.61. The molecule has 3 saturated heterocycles. The van der Waals surface area contributed by atoms with Crippen LogP contribution in [0.15, 0.2) is 49.6 Å². The number of hydrogen-bond acceptors (Lipinski definition) is 6. The van der Waals surface area contributed by atoms with E-state index >= 15 is 0 Å². The van der Waals surface area contributed by atoms with Crippen LogP contribution in [0.25, 0.3) is 0 Å². The summed E-state index contributed by atoms with van der Waals surface area (Å²) in [5, 5.41) is 10.8. The molecule has 1 aromatic carbocycles. The number of aliphatic hydroxyl groups is 1. The number of para-hydroxylation sites is 1. The number of hydrogen-bond donors (Lipinski definition) is 1. The third-order valence-corrected chi connectivity index (χ3v) is 9.48. The maximum absolute atomic E-state index is 14.6. The lowest BCUT2D eigenvalue weighted by Crippen LogP contribution is -2.60. The van der Waals surface area contributed by atoms with Gasteiger partial charge in [-0.25, -0.2) is 0 Å². The number of amides is 2. The Bertz CT molecular complexity index is 1150. The van der Waals surface area contributed by atoms with Crippen molar-refractivity contribution in [1.29, 1.82) is 0 Å². The van der Waals surface area contributed by atoms with Crippen molar-refractivity contribution in [3.05, 3.63) is 54.6 Å². The number of rotatable bonds is 13. The summed E-state index contributed by atoms with van der Waals surface area (Å²) in [4.78, 5) is 45.1. The molecule has 2 amide bonds. The van der Waals surface area contributed by atoms with Crippen LogP contribution in [0, 0.1) is 17.8 Å². The summed E-state index contributed by atoms with van der Waals surface area (Å²) in [5.41, 5.74) is -0.799. The van der Waals surface area contributed by atoms with Crippen molar-refractivity contribution < 1.29 is 29.0 Å². The summed E-state index contributed by atoms with van der Waals surface area (Å²) in [7, 11) is 0. The van der Waals surface area contributed by atoms with Crippen molar-refractivity contribution in [3.8, 4) is 0 Å². The molecule has 2 bridgehead atoms. The second kappa shape index (κ2) is 12.8. The van der Waals surface area contributed by atoms with Gasteiger partial charge in [0.2, 0.25) is 5.91 Å². The highest BCUT2D eigenvalue weighted by Gasteiger charge is 2.77. The average molecular weight is 638 g/mol. The van der Waals surface area contributed by atoms with E-state index in [1.54, 1.807) is 30.3 Å². The first kappa shape index (κ1) is 30.8. The Morgan fingerprint density at radius 2 is 2.02 bits per heavy atom. The van der Waals surface area contributed by atoms with E-state index in [-0.39, 0.29) is 36.4 Å². The molecule has 3 aliphatic heterocycles. The molecule has 7 atom stereocenters. The standard InChI is InChI=1S/C30H38BrClN2O6/c1-5-7-8-11-15-39-29(38)23-24-27(36)34(22(17-35)18(3)4)26(30(24)16-19(31)25(23)40-30)28(37)33(14-6-2)21-13-10-9-12-20(21)32/h5-6,9-10,12-13,18-19,22-26,35H,1-2,7-8,11,14-17H2,3-4H3/t19?,22-,23-,24-,25-,26?,30?/m0/s1. The number of likely N-dealkylation sites (tertiary alicyclic amines) is 1. The fourth-order valence-electron chi connectivity index (χ4n) is 6.51. The van der Waals surface area contributed by atoms with E-state index in [0.717, 1.165) is 12.8 Å². The second-order valence-electron chi connectivity index (χ2n) is 11.0. The Morgan fingerprint density at radius 3 is 2.65 bits per heavy atom. The SMILES string of the molecule is C=CCCCCOC(=O)[C@H]1[C@H]2C(=O)N([C@@H](CO)C(C)C)C(C(=O)N(CC=C)c3ccccc3Cl)C23CC(Br)[C@@H]1O3. The molecule has 0 saturated carbocycles. The maximum atomic E-state index is 14.6. The first-order valence-corrected chi connectivity index (χ1v) is 15.1. The lowest BCUT2D eigenvalue weighted by molar-refractivity contribution is -0.156. The Hall–Kier alpha value is -2.20. The number of carbonyl (C=O) groups excluding carboxylic acids is 3. The monoisotopic (exact) mass is 636 g/mol. The lowest BCUT2D eigenvalue weighted by Gasteiger charge is -2.40. The Labute approximate surface area is 249 Å². The molecule has 40 heavy (non-hydrogen) atoms. The third kappa shape index (κ3) is 5.26. The number of carbonyl (C=O) groups is 3. The maximum Gasteiger partial charge on any atom is 0.312 e. The number of alkyl halides is 1. The number of anilines is 1. The molecule has 10 heteroatoms. The highest BCUT2D eigenvalue weighted by molar-refractivity contribution is 9.09. The van der Waals surface area contributed by atoms with Gasteiger partial charge in [-0.1, -0.05) is 65.7 Å². The molecule has 0 radical (unpaired) electrons. The van der Waals surface area contributed by atoms with Crippen LogP contribution in [0.3, 0.4) is 0 Å². The number of ether oxygens (including phenoxy) is 2. The highest BCUT2D eigenvalue weighted by atomic mass is 79.9. The summed E-state index contributed by atoms with van der Waals surface area (Å²) in [5.74, 6) is -3.23. The van der Waals surface area contributed by atoms with Crippen LogP contribution in [-0.2, 0) is 23.9 Å². The van der Waals surface area contributed by atoms with Gasteiger partial charge in [0.1, 0.15) is 11.6 Å². The number of aliphatic hydroxyl groups excluding tert-OH is 1. The number of esters is 1. The number of allylic oxidation sites excluding steroid dienone is 1. The predicted molar refractivity (Wildman–Crippen MR) is 157 cm³/mol. The molecular weight excluding hydrogens is 600 g/mol. The number of unbranched alkanes of at least 4 members (excludes halogenated alkanes) is 2. The van der Waals surface area contributed by atoms with Crippen molar-refractivity contribution in [2.24, 2.45) is 17.8 Å². The smallest absolute Gasteiger partial charge is 0.312 e. The number of benzene rings is 1. The minimum atomic E-state index is -1.28. The van der Waals surface area contributed by atoms with Crippen LogP contribution >= 0.6 is 27.5 Å². The molecule has 8 nitrogen and oxygen atoms in total. The van der Waals surface area contributed by atoms with Crippen molar-refractivity contribution in [2.45, 2.75) is 68.1 Å². The summed E-state index contributed by atoms with van der Waals surface area (Å²) >= 11 is 10.2. The number of halogens is 2. The van der Waals surface area contributed by atoms with Gasteiger partial charge in [-0.3, -0.25) is 14.4 Å². The van der Waals surface area contributed by atoms with Crippen LogP contribution in [0.1, 0.15) is 39.5 Å². The van der Waals surface area contributed by atoms with E-state index in [0.29, 0.717) is 23.6 Å². The van der Waals surface area contributed by atoms with Gasteiger partial charge in [0.05, 0.1) is 47.9 Å². The van der Waals surface area contributed by atoms with Crippen molar-refractivity contribution in [3.63, 3.8) is 0 Å². The summed E-state index contributed by atoms with van der Waals surface area (Å²) in [6.45, 7) is 11.3. The van der Waals surface area contributed by atoms with Crippen LogP contribution in [0.4, 0.5) is 5.69 Å². The Morgan fingerprint density at radius 1 is 1.30 bits per heavy atom. The van der Waals surface area contributed by atoms with E-state index in [1.165, 1.54) is 9.80 Å².